The molecule has 2 saturated heterocycles. The van der Waals surface area contributed by atoms with Gasteiger partial charge in [-0.2, -0.15) is 0 Å². The number of Topliss-reactive ketones (excluding diaryl/α,β-unsaturated/α-hetero) is 1. The molecule has 4 N–H and O–H groups in total. The maximum Gasteiger partial charge on any atom is 0.316 e. The molecule has 0 unspecified atom stereocenters. The number of aliphatic hydroxyl groups excluding tert-OH is 2. The highest BCUT2D eigenvalue weighted by molar-refractivity contribution is 6.00. The van der Waals surface area contributed by atoms with Crippen LogP contribution in [-0.4, -0.2) is 129 Å². The van der Waals surface area contributed by atoms with Gasteiger partial charge in [0.2, 0.25) is 0 Å². The van der Waals surface area contributed by atoms with Gasteiger partial charge in [0, 0.05) is 24.5 Å². The quantitative estimate of drug-likeness (QED) is 0.243. The van der Waals surface area contributed by atoms with Crippen LogP contribution in [0.1, 0.15) is 94.4 Å². The summed E-state index contributed by atoms with van der Waals surface area (Å²) in [5, 5.41) is 46.0. The predicted octanol–water partition coefficient (Wildman–Crippen LogP) is 2.35. The van der Waals surface area contributed by atoms with E-state index < -0.39 is 71.5 Å². The van der Waals surface area contributed by atoms with Crippen LogP contribution >= 0.6 is 0 Å². The smallest absolute Gasteiger partial charge is 0.316 e. The monoisotopic (exact) mass is 630 g/mol. The van der Waals surface area contributed by atoms with E-state index in [0.29, 0.717) is 13.0 Å². The molecule has 0 amide bonds. The van der Waals surface area contributed by atoms with Crippen molar-refractivity contribution in [2.24, 2.45) is 17.8 Å². The van der Waals surface area contributed by atoms with Crippen molar-refractivity contribution in [1.29, 1.82) is 0 Å². The maximum absolute atomic E-state index is 13.9. The number of aliphatic hydroxyl groups is 4. The van der Waals surface area contributed by atoms with Gasteiger partial charge < -0.3 is 44.4 Å². The topological polar surface area (TPSA) is 149 Å². The van der Waals surface area contributed by atoms with Crippen LogP contribution in [0.3, 0.4) is 0 Å². The number of likely N-dealkylation sites (N-methyl/N-ethyl adjacent to an activating group) is 2. The van der Waals surface area contributed by atoms with E-state index >= 15 is 0 Å². The molecule has 0 saturated carbocycles. The van der Waals surface area contributed by atoms with E-state index in [-0.39, 0.29) is 30.9 Å². The van der Waals surface area contributed by atoms with Crippen molar-refractivity contribution in [2.75, 3.05) is 27.2 Å². The van der Waals surface area contributed by atoms with Crippen molar-refractivity contribution in [3.8, 4) is 0 Å². The summed E-state index contributed by atoms with van der Waals surface area (Å²) < 4.78 is 18.2. The highest BCUT2D eigenvalue weighted by Crippen LogP contribution is 2.35. The first kappa shape index (κ1) is 39.0. The summed E-state index contributed by atoms with van der Waals surface area (Å²) in [7, 11) is 3.79. The number of cyclic esters (lactones) is 1. The van der Waals surface area contributed by atoms with E-state index in [1.165, 1.54) is 13.8 Å². The number of ketones is 1. The number of unbranched alkanes of at least 4 members (excludes halogenated alkanes) is 1. The second-order valence-corrected chi connectivity index (χ2v) is 14.3. The second-order valence-electron chi connectivity index (χ2n) is 14.3. The molecule has 0 aromatic heterocycles. The summed E-state index contributed by atoms with van der Waals surface area (Å²) in [6.07, 6.45) is -2.75. The van der Waals surface area contributed by atoms with Crippen molar-refractivity contribution in [1.82, 2.24) is 9.80 Å². The van der Waals surface area contributed by atoms with Crippen LogP contribution in [0.25, 0.3) is 0 Å². The lowest BCUT2D eigenvalue weighted by molar-refractivity contribution is -0.294. The van der Waals surface area contributed by atoms with Crippen LogP contribution in [0, 0.1) is 17.8 Å². The zero-order chi connectivity index (χ0) is 33.7. The molecule has 0 aliphatic carbocycles. The highest BCUT2D eigenvalue weighted by Gasteiger charge is 2.49. The second kappa shape index (κ2) is 16.1. The Hall–Kier alpha value is -1.18. The molecule has 13 atom stereocenters. The minimum atomic E-state index is -1.78. The predicted molar refractivity (Wildman–Crippen MR) is 168 cm³/mol. The Bertz CT molecular complexity index is 931. The number of hydrogen-bond acceptors (Lipinski definition) is 11. The normalized spacial score (nSPS) is 44.2. The molecule has 0 aromatic carbocycles. The Kier molecular flexibility index (Phi) is 14.3. The van der Waals surface area contributed by atoms with E-state index in [2.05, 4.69) is 11.8 Å². The van der Waals surface area contributed by atoms with Gasteiger partial charge in [0.25, 0.3) is 0 Å². The SMILES string of the molecule is CCCCN(C)[C@H]1C[C@@H](C)O[C@@H](O[C@@H]2[C@@H](C)C(=O)[C@@H](C)C(=O)O[C@H](CC)[C@@](C)(O)[C@H](O)[C@@H](C)N(C)C[C@H](C)C[C@@]2(C)O)[C@@H]1O. The minimum Gasteiger partial charge on any atom is -0.459 e. The Morgan fingerprint density at radius 3 is 2.25 bits per heavy atom. The lowest BCUT2D eigenvalue weighted by Crippen LogP contribution is -2.59. The van der Waals surface area contributed by atoms with Crippen LogP contribution in [0.2, 0.25) is 0 Å². The number of carbonyl (C=O) groups excluding carboxylic acids is 2. The number of nitrogens with zero attached hydrogens (tertiary/aromatic N) is 2. The van der Waals surface area contributed by atoms with Crippen molar-refractivity contribution in [3.05, 3.63) is 0 Å². The Morgan fingerprint density at radius 2 is 1.68 bits per heavy atom. The first-order valence-corrected chi connectivity index (χ1v) is 16.6. The third kappa shape index (κ3) is 9.21. The van der Waals surface area contributed by atoms with E-state index in [4.69, 9.17) is 14.2 Å². The molecule has 2 aliphatic rings. The third-order valence-corrected chi connectivity index (χ3v) is 10.0. The molecule has 11 heteroatoms. The molecule has 2 rings (SSSR count). The van der Waals surface area contributed by atoms with E-state index in [0.717, 1.165) is 19.4 Å². The van der Waals surface area contributed by atoms with Crippen LogP contribution in [-0.2, 0) is 23.8 Å². The fourth-order valence-corrected chi connectivity index (χ4v) is 7.08. The standard InChI is InChI=1S/C33H62N2O9/c1-12-14-15-34(10)24-16-20(4)42-31(27(24)37)44-29-21(5)26(36)22(6)30(39)43-25(13-2)33(9,41)28(38)23(7)35(11)18-19(3)17-32(29,8)40/h19-25,27-29,31,37-38,40-41H,12-18H2,1-11H3/t19-,20-,21+,22-,23-,24+,25-,27-,28-,29-,31+,32-,33-/m1/s1. The van der Waals surface area contributed by atoms with Crippen molar-refractivity contribution < 1.29 is 44.2 Å². The van der Waals surface area contributed by atoms with Crippen LogP contribution in [0.5, 0.6) is 0 Å². The largest absolute Gasteiger partial charge is 0.459 e. The summed E-state index contributed by atoms with van der Waals surface area (Å²) in [5.41, 5.74) is -3.34. The fourth-order valence-electron chi connectivity index (χ4n) is 7.08. The maximum atomic E-state index is 13.9. The summed E-state index contributed by atoms with van der Waals surface area (Å²) in [6.45, 7) is 16.9. The summed E-state index contributed by atoms with van der Waals surface area (Å²) in [6, 6.07) is -0.754. The van der Waals surface area contributed by atoms with Gasteiger partial charge in [-0.3, -0.25) is 9.59 Å². The molecule has 0 radical (unpaired) electrons. The van der Waals surface area contributed by atoms with Crippen molar-refractivity contribution >= 4 is 11.8 Å². The van der Waals surface area contributed by atoms with Gasteiger partial charge in [0.1, 0.15) is 29.8 Å². The number of esters is 1. The van der Waals surface area contributed by atoms with Gasteiger partial charge in [-0.15, -0.1) is 0 Å². The van der Waals surface area contributed by atoms with E-state index in [1.807, 2.05) is 32.8 Å². The zero-order valence-electron chi connectivity index (χ0n) is 29.0. The molecule has 11 nitrogen and oxygen atoms in total. The van der Waals surface area contributed by atoms with Gasteiger partial charge in [0.15, 0.2) is 12.1 Å². The first-order chi connectivity index (χ1) is 20.3. The van der Waals surface area contributed by atoms with Crippen LogP contribution < -0.4 is 0 Å². The first-order valence-electron chi connectivity index (χ1n) is 16.6. The van der Waals surface area contributed by atoms with Gasteiger partial charge in [-0.05, 0) is 86.9 Å². The van der Waals surface area contributed by atoms with E-state index in [1.54, 1.807) is 27.7 Å². The van der Waals surface area contributed by atoms with Crippen molar-refractivity contribution in [3.63, 3.8) is 0 Å². The molecule has 2 fully saturated rings. The fraction of sp³-hybridized carbons (Fsp3) is 0.939. The minimum absolute atomic E-state index is 0.130. The lowest BCUT2D eigenvalue weighted by atomic mass is 9.78. The summed E-state index contributed by atoms with van der Waals surface area (Å²) in [5.74, 6) is -3.67. The number of carbonyl (C=O) groups is 2. The molecule has 0 spiro atoms. The number of ether oxygens (including phenoxy) is 3. The molecular weight excluding hydrogens is 568 g/mol. The summed E-state index contributed by atoms with van der Waals surface area (Å²) in [4.78, 5) is 31.2. The molecule has 2 aliphatic heterocycles. The average molecular weight is 631 g/mol. The Labute approximate surface area is 265 Å². The average Bonchev–Trinajstić information content (AvgIpc) is 2.95. The highest BCUT2D eigenvalue weighted by atomic mass is 16.7. The van der Waals surface area contributed by atoms with E-state index in [9.17, 15) is 30.0 Å². The van der Waals surface area contributed by atoms with Gasteiger partial charge in [-0.1, -0.05) is 34.1 Å². The molecular formula is C33H62N2O9. The zero-order valence-corrected chi connectivity index (χ0v) is 29.0. The Balaban J connectivity index is 2.51. The van der Waals surface area contributed by atoms with Gasteiger partial charge in [-0.25, -0.2) is 0 Å². The van der Waals surface area contributed by atoms with Gasteiger partial charge in [0.05, 0.1) is 17.8 Å². The Morgan fingerprint density at radius 1 is 1.07 bits per heavy atom. The molecule has 0 aromatic rings. The number of rotatable bonds is 7. The van der Waals surface area contributed by atoms with Crippen molar-refractivity contribution in [2.45, 2.75) is 155 Å². The lowest BCUT2D eigenvalue weighted by Gasteiger charge is -2.46. The van der Waals surface area contributed by atoms with Crippen LogP contribution in [0.15, 0.2) is 0 Å². The molecule has 44 heavy (non-hydrogen) atoms. The van der Waals surface area contributed by atoms with Crippen LogP contribution in [0.4, 0.5) is 0 Å². The van der Waals surface area contributed by atoms with Gasteiger partial charge >= 0.3 is 5.97 Å². The molecule has 2 heterocycles. The summed E-state index contributed by atoms with van der Waals surface area (Å²) >= 11 is 0. The number of hydrogen-bond donors (Lipinski definition) is 4. The molecule has 258 valence electrons. The molecule has 0 bridgehead atoms. The third-order valence-electron chi connectivity index (χ3n) is 10.0.